The summed E-state index contributed by atoms with van der Waals surface area (Å²) >= 11 is 3.36. The molecule has 0 aliphatic rings. The minimum Gasteiger partial charge on any atom is -0.333 e. The molecule has 1 N–H and O–H groups in total. The summed E-state index contributed by atoms with van der Waals surface area (Å²) in [5.74, 6) is -1.09. The van der Waals surface area contributed by atoms with Crippen LogP contribution in [0.1, 0.15) is 11.1 Å². The number of carbonyl (C=O) groups is 2. The Morgan fingerprint density at radius 3 is 2.64 bits per heavy atom. The minimum absolute atomic E-state index is 0.101. The number of halogens is 2. The van der Waals surface area contributed by atoms with Gasteiger partial charge < -0.3 is 10.2 Å². The van der Waals surface area contributed by atoms with Gasteiger partial charge in [-0.15, -0.1) is 0 Å². The van der Waals surface area contributed by atoms with Crippen molar-refractivity contribution in [2.24, 2.45) is 0 Å². The van der Waals surface area contributed by atoms with E-state index in [4.69, 9.17) is 0 Å². The van der Waals surface area contributed by atoms with Crippen molar-refractivity contribution in [1.82, 2.24) is 4.90 Å². The molecule has 2 aromatic carbocycles. The third-order valence-electron chi connectivity index (χ3n) is 3.53. The Labute approximate surface area is 154 Å². The molecule has 0 atom stereocenters. The molecule has 0 unspecified atom stereocenters. The van der Waals surface area contributed by atoms with E-state index >= 15 is 0 Å². The van der Waals surface area contributed by atoms with Gasteiger partial charge in [-0.1, -0.05) is 34.1 Å². The second-order valence-electron chi connectivity index (χ2n) is 5.56. The molecule has 0 fully saturated rings. The van der Waals surface area contributed by atoms with Crippen molar-refractivity contribution in [3.63, 3.8) is 0 Å². The van der Waals surface area contributed by atoms with Crippen molar-refractivity contribution in [3.05, 3.63) is 70.0 Å². The number of benzene rings is 2. The van der Waals surface area contributed by atoms with Gasteiger partial charge in [0, 0.05) is 28.8 Å². The number of rotatable bonds is 5. The first-order valence-corrected chi connectivity index (χ1v) is 8.40. The standard InChI is InChI=1S/C19H18BrFN2O2/c1-13-11-15(20)8-9-17(13)22-18(24)12-23(2)19(25)10-7-14-5-3-4-6-16(14)21/h3-11H,12H2,1-2H3,(H,22,24). The molecule has 0 spiro atoms. The number of nitrogens with zero attached hydrogens (tertiary/aromatic N) is 1. The molecule has 0 saturated carbocycles. The van der Waals surface area contributed by atoms with Crippen LogP contribution in [-0.4, -0.2) is 30.3 Å². The van der Waals surface area contributed by atoms with Crippen LogP contribution in [0, 0.1) is 12.7 Å². The zero-order valence-corrected chi connectivity index (χ0v) is 15.5. The number of nitrogens with one attached hydrogen (secondary N) is 1. The smallest absolute Gasteiger partial charge is 0.246 e. The Morgan fingerprint density at radius 1 is 1.24 bits per heavy atom. The molecule has 0 radical (unpaired) electrons. The highest BCUT2D eigenvalue weighted by Gasteiger charge is 2.12. The molecule has 6 heteroatoms. The molecule has 130 valence electrons. The summed E-state index contributed by atoms with van der Waals surface area (Å²) in [7, 11) is 1.52. The van der Waals surface area contributed by atoms with E-state index in [1.807, 2.05) is 19.1 Å². The molecular formula is C19H18BrFN2O2. The first-order chi connectivity index (χ1) is 11.9. The fourth-order valence-corrected chi connectivity index (χ4v) is 2.62. The van der Waals surface area contributed by atoms with Crippen LogP contribution in [0.25, 0.3) is 6.08 Å². The van der Waals surface area contributed by atoms with E-state index in [1.54, 1.807) is 24.3 Å². The Kier molecular flexibility index (Phi) is 6.47. The summed E-state index contributed by atoms with van der Waals surface area (Å²) in [6.07, 6.45) is 2.64. The van der Waals surface area contributed by atoms with Gasteiger partial charge in [0.2, 0.25) is 11.8 Å². The summed E-state index contributed by atoms with van der Waals surface area (Å²) < 4.78 is 14.4. The van der Waals surface area contributed by atoms with E-state index in [1.165, 1.54) is 30.2 Å². The summed E-state index contributed by atoms with van der Waals surface area (Å²) in [5, 5.41) is 2.77. The SMILES string of the molecule is Cc1cc(Br)ccc1NC(=O)CN(C)C(=O)C=Cc1ccccc1F. The molecule has 0 aliphatic heterocycles. The maximum absolute atomic E-state index is 13.5. The summed E-state index contributed by atoms with van der Waals surface area (Å²) in [5.41, 5.74) is 1.92. The fraction of sp³-hybridized carbons (Fsp3) is 0.158. The lowest BCUT2D eigenvalue weighted by Gasteiger charge is -2.15. The van der Waals surface area contributed by atoms with E-state index in [2.05, 4.69) is 21.2 Å². The lowest BCUT2D eigenvalue weighted by Crippen LogP contribution is -2.34. The van der Waals surface area contributed by atoms with Crippen LogP contribution < -0.4 is 5.32 Å². The summed E-state index contributed by atoms with van der Waals surface area (Å²) in [6, 6.07) is 11.7. The van der Waals surface area contributed by atoms with Crippen LogP contribution in [0.15, 0.2) is 53.0 Å². The first kappa shape index (κ1) is 18.9. The average Bonchev–Trinajstić information content (AvgIpc) is 2.56. The van der Waals surface area contributed by atoms with Crippen molar-refractivity contribution >= 4 is 39.5 Å². The van der Waals surface area contributed by atoms with Gasteiger partial charge in [-0.3, -0.25) is 9.59 Å². The molecule has 0 saturated heterocycles. The van der Waals surface area contributed by atoms with Gasteiger partial charge >= 0.3 is 0 Å². The molecule has 0 heterocycles. The topological polar surface area (TPSA) is 49.4 Å². The van der Waals surface area contributed by atoms with E-state index in [-0.39, 0.29) is 18.4 Å². The second-order valence-corrected chi connectivity index (χ2v) is 6.47. The number of anilines is 1. The lowest BCUT2D eigenvalue weighted by atomic mass is 10.2. The quantitative estimate of drug-likeness (QED) is 0.765. The lowest BCUT2D eigenvalue weighted by molar-refractivity contribution is -0.129. The highest BCUT2D eigenvalue weighted by Crippen LogP contribution is 2.19. The maximum atomic E-state index is 13.5. The average molecular weight is 405 g/mol. The molecule has 4 nitrogen and oxygen atoms in total. The van der Waals surface area contributed by atoms with E-state index in [9.17, 15) is 14.0 Å². The Bertz CT molecular complexity index is 821. The number of aryl methyl sites for hydroxylation is 1. The number of carbonyl (C=O) groups excluding carboxylic acids is 2. The van der Waals surface area contributed by atoms with Crippen LogP contribution in [0.2, 0.25) is 0 Å². The Morgan fingerprint density at radius 2 is 1.96 bits per heavy atom. The molecule has 0 aromatic heterocycles. The Hall–Kier alpha value is -2.47. The van der Waals surface area contributed by atoms with Gasteiger partial charge in [0.1, 0.15) is 5.82 Å². The monoisotopic (exact) mass is 404 g/mol. The van der Waals surface area contributed by atoms with Crippen LogP contribution in [0.3, 0.4) is 0 Å². The molecule has 2 aromatic rings. The van der Waals surface area contributed by atoms with Gasteiger partial charge in [0.15, 0.2) is 0 Å². The normalized spacial score (nSPS) is 10.7. The van der Waals surface area contributed by atoms with Gasteiger partial charge in [-0.2, -0.15) is 0 Å². The van der Waals surface area contributed by atoms with E-state index in [0.717, 1.165) is 10.0 Å². The highest BCUT2D eigenvalue weighted by atomic mass is 79.9. The third-order valence-corrected chi connectivity index (χ3v) is 4.02. The van der Waals surface area contributed by atoms with Crippen molar-refractivity contribution < 1.29 is 14.0 Å². The molecule has 0 aliphatic carbocycles. The van der Waals surface area contributed by atoms with Crippen molar-refractivity contribution in [1.29, 1.82) is 0 Å². The van der Waals surface area contributed by atoms with Gasteiger partial charge in [0.25, 0.3) is 0 Å². The van der Waals surface area contributed by atoms with E-state index in [0.29, 0.717) is 11.3 Å². The van der Waals surface area contributed by atoms with Crippen molar-refractivity contribution in [2.45, 2.75) is 6.92 Å². The number of likely N-dealkylation sites (N-methyl/N-ethyl adjacent to an activating group) is 1. The Balaban J connectivity index is 1.94. The first-order valence-electron chi connectivity index (χ1n) is 7.60. The van der Waals surface area contributed by atoms with E-state index < -0.39 is 5.82 Å². The van der Waals surface area contributed by atoms with Crippen LogP contribution in [0.4, 0.5) is 10.1 Å². The van der Waals surface area contributed by atoms with Crippen LogP contribution >= 0.6 is 15.9 Å². The summed E-state index contributed by atoms with van der Waals surface area (Å²) in [4.78, 5) is 25.4. The molecule has 25 heavy (non-hydrogen) atoms. The second kappa shape index (κ2) is 8.58. The van der Waals surface area contributed by atoms with Gasteiger partial charge in [-0.25, -0.2) is 4.39 Å². The fourth-order valence-electron chi connectivity index (χ4n) is 2.15. The molecular weight excluding hydrogens is 387 g/mol. The van der Waals surface area contributed by atoms with Gasteiger partial charge in [-0.05, 0) is 42.8 Å². The van der Waals surface area contributed by atoms with Crippen molar-refractivity contribution in [2.75, 3.05) is 18.9 Å². The number of hydrogen-bond acceptors (Lipinski definition) is 2. The summed E-state index contributed by atoms with van der Waals surface area (Å²) in [6.45, 7) is 1.78. The largest absolute Gasteiger partial charge is 0.333 e. The maximum Gasteiger partial charge on any atom is 0.246 e. The highest BCUT2D eigenvalue weighted by molar-refractivity contribution is 9.10. The zero-order valence-electron chi connectivity index (χ0n) is 13.9. The van der Waals surface area contributed by atoms with Crippen LogP contribution in [-0.2, 0) is 9.59 Å². The molecule has 2 amide bonds. The van der Waals surface area contributed by atoms with Crippen LogP contribution in [0.5, 0.6) is 0 Å². The predicted molar refractivity (Wildman–Crippen MR) is 101 cm³/mol. The number of hydrogen-bond donors (Lipinski definition) is 1. The van der Waals surface area contributed by atoms with Crippen molar-refractivity contribution in [3.8, 4) is 0 Å². The minimum atomic E-state index is -0.405. The predicted octanol–water partition coefficient (Wildman–Crippen LogP) is 4.01. The zero-order chi connectivity index (χ0) is 18.4. The molecule has 2 rings (SSSR count). The van der Waals surface area contributed by atoms with Gasteiger partial charge in [0.05, 0.1) is 6.54 Å². The third kappa shape index (κ3) is 5.53. The molecule has 0 bridgehead atoms. The number of amides is 2.